The molecule has 0 aromatic carbocycles. The lowest BCUT2D eigenvalue weighted by molar-refractivity contribution is 0.0418. The van der Waals surface area contributed by atoms with E-state index >= 15 is 0 Å². The van der Waals surface area contributed by atoms with Crippen LogP contribution in [0.25, 0.3) is 0 Å². The maximum Gasteiger partial charge on any atom is 0.292 e. The summed E-state index contributed by atoms with van der Waals surface area (Å²) in [5.74, 6) is 0.304. The lowest BCUT2D eigenvalue weighted by atomic mass is 9.92. The molecular weight excluding hydrogens is 296 g/mol. The Morgan fingerprint density at radius 2 is 2.04 bits per heavy atom. The van der Waals surface area contributed by atoms with Crippen LogP contribution >= 0.6 is 0 Å². The first kappa shape index (κ1) is 15.5. The van der Waals surface area contributed by atoms with Gasteiger partial charge < -0.3 is 9.42 Å². The summed E-state index contributed by atoms with van der Waals surface area (Å²) in [5, 5.41) is 7.99. The van der Waals surface area contributed by atoms with E-state index in [1.807, 2.05) is 0 Å². The highest BCUT2D eigenvalue weighted by Gasteiger charge is 2.33. The zero-order chi connectivity index (χ0) is 16.6. The Hall–Kier alpha value is -2.44. The number of carbonyl (C=O) groups excluding carboxylic acids is 1. The molecule has 23 heavy (non-hydrogen) atoms. The SMILES string of the molecule is CC(C)(C)c1ccc(=O)n(CC2CN(C(=O)c3ccno3)C2)n1. The minimum absolute atomic E-state index is 0.108. The van der Waals surface area contributed by atoms with Crippen LogP contribution < -0.4 is 5.56 Å². The molecule has 0 unspecified atom stereocenters. The number of amides is 1. The predicted octanol–water partition coefficient (Wildman–Crippen LogP) is 1.30. The van der Waals surface area contributed by atoms with E-state index in [0.29, 0.717) is 19.6 Å². The Morgan fingerprint density at radius 1 is 1.30 bits per heavy atom. The summed E-state index contributed by atoms with van der Waals surface area (Å²) in [5.41, 5.74) is 0.660. The van der Waals surface area contributed by atoms with Crippen molar-refractivity contribution < 1.29 is 9.32 Å². The topological polar surface area (TPSA) is 81.2 Å². The molecule has 1 fully saturated rings. The standard InChI is InChI=1S/C16H20N4O3/c1-16(2,3)13-4-5-14(21)20(18-13)10-11-8-19(9-11)15(22)12-6-7-17-23-12/h4-7,11H,8-10H2,1-3H3. The number of hydrogen-bond donors (Lipinski definition) is 0. The van der Waals surface area contributed by atoms with Crippen molar-refractivity contribution in [1.82, 2.24) is 19.8 Å². The smallest absolute Gasteiger partial charge is 0.292 e. The first-order valence-corrected chi connectivity index (χ1v) is 7.63. The molecule has 7 nitrogen and oxygen atoms in total. The normalized spacial score (nSPS) is 15.5. The first-order chi connectivity index (χ1) is 10.8. The fourth-order valence-corrected chi connectivity index (χ4v) is 2.56. The molecule has 0 bridgehead atoms. The number of nitrogens with zero attached hydrogens (tertiary/aromatic N) is 4. The van der Waals surface area contributed by atoms with Crippen LogP contribution in [0.3, 0.4) is 0 Å². The number of carbonyl (C=O) groups is 1. The third-order valence-corrected chi connectivity index (χ3v) is 3.96. The van der Waals surface area contributed by atoms with Crippen LogP contribution in [-0.2, 0) is 12.0 Å². The minimum atomic E-state index is -0.164. The van der Waals surface area contributed by atoms with Crippen LogP contribution in [0.4, 0.5) is 0 Å². The monoisotopic (exact) mass is 316 g/mol. The van der Waals surface area contributed by atoms with Gasteiger partial charge >= 0.3 is 0 Å². The molecule has 7 heteroatoms. The summed E-state index contributed by atoms with van der Waals surface area (Å²) in [6, 6.07) is 4.89. The molecular formula is C16H20N4O3. The fourth-order valence-electron chi connectivity index (χ4n) is 2.56. The van der Waals surface area contributed by atoms with Gasteiger partial charge in [0.2, 0.25) is 5.76 Å². The Labute approximate surface area is 133 Å². The molecule has 2 aromatic heterocycles. The van der Waals surface area contributed by atoms with Crippen LogP contribution in [0.5, 0.6) is 0 Å². The molecule has 122 valence electrons. The molecule has 0 radical (unpaired) electrons. The molecule has 1 aliphatic heterocycles. The van der Waals surface area contributed by atoms with E-state index in [9.17, 15) is 9.59 Å². The number of hydrogen-bond acceptors (Lipinski definition) is 5. The summed E-state index contributed by atoms with van der Waals surface area (Å²) in [6.07, 6.45) is 1.45. The van der Waals surface area contributed by atoms with Crippen LogP contribution in [0.1, 0.15) is 37.0 Å². The van der Waals surface area contributed by atoms with Crippen molar-refractivity contribution in [3.05, 3.63) is 46.2 Å². The van der Waals surface area contributed by atoms with Crippen LogP contribution in [0.15, 0.2) is 33.7 Å². The van der Waals surface area contributed by atoms with Crippen molar-refractivity contribution in [3.8, 4) is 0 Å². The van der Waals surface area contributed by atoms with Crippen molar-refractivity contribution in [1.29, 1.82) is 0 Å². The summed E-state index contributed by atoms with van der Waals surface area (Å²) in [6.45, 7) is 7.88. The molecule has 0 aliphatic carbocycles. The quantitative estimate of drug-likeness (QED) is 0.852. The lowest BCUT2D eigenvalue weighted by Crippen LogP contribution is -2.52. The van der Waals surface area contributed by atoms with Crippen LogP contribution in [-0.4, -0.2) is 38.8 Å². The third-order valence-electron chi connectivity index (χ3n) is 3.96. The molecule has 1 saturated heterocycles. The molecule has 0 saturated carbocycles. The van der Waals surface area contributed by atoms with Crippen molar-refractivity contribution in [2.75, 3.05) is 13.1 Å². The van der Waals surface area contributed by atoms with Gasteiger partial charge in [0.05, 0.1) is 18.4 Å². The van der Waals surface area contributed by atoms with Crippen molar-refractivity contribution >= 4 is 5.91 Å². The van der Waals surface area contributed by atoms with Crippen molar-refractivity contribution in [2.45, 2.75) is 32.7 Å². The van der Waals surface area contributed by atoms with Gasteiger partial charge in [0, 0.05) is 36.6 Å². The zero-order valence-electron chi connectivity index (χ0n) is 13.5. The Morgan fingerprint density at radius 3 is 2.65 bits per heavy atom. The maximum absolute atomic E-state index is 12.0. The summed E-state index contributed by atoms with van der Waals surface area (Å²) in [4.78, 5) is 25.7. The van der Waals surface area contributed by atoms with Gasteiger partial charge in [0.15, 0.2) is 0 Å². The van der Waals surface area contributed by atoms with Crippen molar-refractivity contribution in [3.63, 3.8) is 0 Å². The highest BCUT2D eigenvalue weighted by Crippen LogP contribution is 2.21. The minimum Gasteiger partial charge on any atom is -0.351 e. The zero-order valence-corrected chi connectivity index (χ0v) is 13.5. The van der Waals surface area contributed by atoms with Crippen LogP contribution in [0.2, 0.25) is 0 Å². The Kier molecular flexibility index (Phi) is 3.79. The van der Waals surface area contributed by atoms with E-state index < -0.39 is 0 Å². The molecule has 1 amide bonds. The van der Waals surface area contributed by atoms with Crippen molar-refractivity contribution in [2.24, 2.45) is 5.92 Å². The summed E-state index contributed by atoms with van der Waals surface area (Å²) in [7, 11) is 0. The van der Waals surface area contributed by atoms with Gasteiger partial charge in [-0.2, -0.15) is 5.10 Å². The van der Waals surface area contributed by atoms with Gasteiger partial charge in [-0.15, -0.1) is 0 Å². The van der Waals surface area contributed by atoms with E-state index in [0.717, 1.165) is 5.69 Å². The molecule has 3 rings (SSSR count). The second-order valence-electron chi connectivity index (χ2n) is 6.94. The Bertz CT molecular complexity index is 752. The van der Waals surface area contributed by atoms with E-state index in [4.69, 9.17) is 4.52 Å². The van der Waals surface area contributed by atoms with Gasteiger partial charge in [-0.1, -0.05) is 25.9 Å². The summed E-state index contributed by atoms with van der Waals surface area (Å²) >= 11 is 0. The van der Waals surface area contributed by atoms with Gasteiger partial charge in [-0.05, 0) is 6.07 Å². The number of likely N-dealkylation sites (tertiary alicyclic amines) is 1. The van der Waals surface area contributed by atoms with Gasteiger partial charge in [0.1, 0.15) is 0 Å². The molecule has 3 heterocycles. The van der Waals surface area contributed by atoms with Gasteiger partial charge in [-0.25, -0.2) is 4.68 Å². The van der Waals surface area contributed by atoms with E-state index in [-0.39, 0.29) is 28.6 Å². The molecule has 0 spiro atoms. The molecule has 2 aromatic rings. The second kappa shape index (κ2) is 5.64. The second-order valence-corrected chi connectivity index (χ2v) is 6.94. The molecule has 0 atom stereocenters. The Balaban J connectivity index is 1.64. The molecule has 1 aliphatic rings. The van der Waals surface area contributed by atoms with E-state index in [2.05, 4.69) is 31.0 Å². The highest BCUT2D eigenvalue weighted by molar-refractivity contribution is 5.91. The highest BCUT2D eigenvalue weighted by atomic mass is 16.5. The number of aromatic nitrogens is 3. The van der Waals surface area contributed by atoms with Crippen LogP contribution in [0, 0.1) is 5.92 Å². The maximum atomic E-state index is 12.0. The summed E-state index contributed by atoms with van der Waals surface area (Å²) < 4.78 is 6.37. The van der Waals surface area contributed by atoms with E-state index in [1.165, 1.54) is 10.9 Å². The first-order valence-electron chi connectivity index (χ1n) is 7.63. The average molecular weight is 316 g/mol. The number of rotatable bonds is 3. The molecule has 0 N–H and O–H groups in total. The van der Waals surface area contributed by atoms with Gasteiger partial charge in [-0.3, -0.25) is 9.59 Å². The third kappa shape index (κ3) is 3.18. The predicted molar refractivity (Wildman–Crippen MR) is 83.1 cm³/mol. The largest absolute Gasteiger partial charge is 0.351 e. The lowest BCUT2D eigenvalue weighted by Gasteiger charge is -2.38. The van der Waals surface area contributed by atoms with Gasteiger partial charge in [0.25, 0.3) is 11.5 Å². The van der Waals surface area contributed by atoms with E-state index in [1.54, 1.807) is 23.1 Å². The fraction of sp³-hybridized carbons (Fsp3) is 0.500. The average Bonchev–Trinajstić information content (AvgIpc) is 2.96.